The summed E-state index contributed by atoms with van der Waals surface area (Å²) >= 11 is 0. The predicted octanol–water partition coefficient (Wildman–Crippen LogP) is 0.851. The van der Waals surface area contributed by atoms with Gasteiger partial charge in [0.1, 0.15) is 0 Å². The zero-order valence-corrected chi connectivity index (χ0v) is 11.0. The van der Waals surface area contributed by atoms with E-state index in [2.05, 4.69) is 4.72 Å². The van der Waals surface area contributed by atoms with E-state index in [0.717, 1.165) is 0 Å². The van der Waals surface area contributed by atoms with Gasteiger partial charge in [-0.15, -0.1) is 0 Å². The van der Waals surface area contributed by atoms with Crippen LogP contribution >= 0.6 is 0 Å². The fourth-order valence-electron chi connectivity index (χ4n) is 1.31. The van der Waals surface area contributed by atoms with Gasteiger partial charge in [0, 0.05) is 12.0 Å². The number of aliphatic carboxylic acids is 1. The van der Waals surface area contributed by atoms with E-state index in [0.29, 0.717) is 0 Å². The Labute approximate surface area is 102 Å². The van der Waals surface area contributed by atoms with Gasteiger partial charge in [-0.2, -0.15) is 5.26 Å². The van der Waals surface area contributed by atoms with Crippen LogP contribution in [0.1, 0.15) is 40.0 Å². The number of rotatable bonds is 7. The fourth-order valence-corrected chi connectivity index (χ4v) is 2.90. The summed E-state index contributed by atoms with van der Waals surface area (Å²) in [6.07, 6.45) is 0.239. The molecule has 0 amide bonds. The molecule has 0 aliphatic heterocycles. The smallest absolute Gasteiger partial charge is 0.303 e. The van der Waals surface area contributed by atoms with Gasteiger partial charge in [-0.25, -0.2) is 13.1 Å². The Morgan fingerprint density at radius 2 is 2.06 bits per heavy atom. The van der Waals surface area contributed by atoms with Crippen LogP contribution in [-0.2, 0) is 14.8 Å². The third kappa shape index (κ3) is 5.65. The molecule has 6 nitrogen and oxygen atoms in total. The first-order chi connectivity index (χ1) is 7.64. The van der Waals surface area contributed by atoms with Crippen molar-refractivity contribution in [3.05, 3.63) is 0 Å². The number of carboxylic acid groups (broad SMARTS) is 1. The first kappa shape index (κ1) is 15.9. The summed E-state index contributed by atoms with van der Waals surface area (Å²) in [5, 5.41) is 16.2. The van der Waals surface area contributed by atoms with Gasteiger partial charge in [-0.1, -0.05) is 6.92 Å². The van der Waals surface area contributed by atoms with Gasteiger partial charge in [0.15, 0.2) is 5.25 Å². The number of hydrogen-bond acceptors (Lipinski definition) is 4. The number of hydrogen-bond donors (Lipinski definition) is 2. The van der Waals surface area contributed by atoms with Gasteiger partial charge in [-0.3, -0.25) is 4.79 Å². The van der Waals surface area contributed by atoms with Crippen LogP contribution in [0.4, 0.5) is 0 Å². The number of carbonyl (C=O) groups is 1. The quantitative estimate of drug-likeness (QED) is 0.707. The van der Waals surface area contributed by atoms with Crippen LogP contribution < -0.4 is 4.72 Å². The molecule has 17 heavy (non-hydrogen) atoms. The highest BCUT2D eigenvalue weighted by atomic mass is 32.2. The monoisotopic (exact) mass is 262 g/mol. The molecule has 0 saturated heterocycles. The van der Waals surface area contributed by atoms with Crippen molar-refractivity contribution in [1.82, 2.24) is 4.72 Å². The van der Waals surface area contributed by atoms with Gasteiger partial charge >= 0.3 is 5.97 Å². The van der Waals surface area contributed by atoms with E-state index in [9.17, 15) is 13.2 Å². The second kappa shape index (κ2) is 5.98. The maximum absolute atomic E-state index is 11.8. The molecular formula is C10H18N2O4S. The van der Waals surface area contributed by atoms with Crippen LogP contribution in [0.15, 0.2) is 0 Å². The van der Waals surface area contributed by atoms with Crippen LogP contribution in [-0.4, -0.2) is 30.3 Å². The highest BCUT2D eigenvalue weighted by Crippen LogP contribution is 2.15. The average molecular weight is 262 g/mol. The second-order valence-electron chi connectivity index (χ2n) is 4.45. The lowest BCUT2D eigenvalue weighted by Gasteiger charge is -2.26. The van der Waals surface area contributed by atoms with E-state index in [1.807, 2.05) is 0 Å². The summed E-state index contributed by atoms with van der Waals surface area (Å²) in [6, 6.07) is 1.71. The van der Waals surface area contributed by atoms with Crippen LogP contribution in [0, 0.1) is 11.3 Å². The number of sulfonamides is 1. The van der Waals surface area contributed by atoms with Crippen molar-refractivity contribution < 1.29 is 18.3 Å². The van der Waals surface area contributed by atoms with E-state index >= 15 is 0 Å². The Kier molecular flexibility index (Phi) is 5.58. The Morgan fingerprint density at radius 3 is 2.41 bits per heavy atom. The summed E-state index contributed by atoms with van der Waals surface area (Å²) in [5.41, 5.74) is -0.874. The van der Waals surface area contributed by atoms with Gasteiger partial charge in [0.05, 0.1) is 6.07 Å². The van der Waals surface area contributed by atoms with E-state index in [1.54, 1.807) is 26.8 Å². The minimum absolute atomic E-state index is 0.126. The summed E-state index contributed by atoms with van der Waals surface area (Å²) in [5.74, 6) is -0.982. The molecule has 0 aromatic carbocycles. The molecule has 0 fully saturated rings. The molecule has 0 aliphatic carbocycles. The molecule has 0 spiro atoms. The zero-order chi connectivity index (χ0) is 13.7. The molecule has 0 saturated carbocycles. The van der Waals surface area contributed by atoms with Crippen LogP contribution in [0.25, 0.3) is 0 Å². The lowest BCUT2D eigenvalue weighted by atomic mass is 10.0. The Hall–Kier alpha value is -1.13. The van der Waals surface area contributed by atoms with Gasteiger partial charge in [-0.05, 0) is 26.7 Å². The number of nitrogens with zero attached hydrogens (tertiary/aromatic N) is 1. The van der Waals surface area contributed by atoms with Crippen molar-refractivity contribution in [3.8, 4) is 6.07 Å². The lowest BCUT2D eigenvalue weighted by molar-refractivity contribution is -0.137. The number of carboxylic acids is 1. The molecule has 0 aliphatic rings. The molecule has 2 N–H and O–H groups in total. The maximum Gasteiger partial charge on any atom is 0.303 e. The van der Waals surface area contributed by atoms with Crippen molar-refractivity contribution in [2.75, 3.05) is 0 Å². The van der Waals surface area contributed by atoms with Gasteiger partial charge in [0.25, 0.3) is 0 Å². The van der Waals surface area contributed by atoms with Crippen molar-refractivity contribution in [2.45, 2.75) is 50.8 Å². The first-order valence-corrected chi connectivity index (χ1v) is 6.83. The number of nitrogens with one attached hydrogen (secondary N) is 1. The normalized spacial score (nSPS) is 14.0. The SMILES string of the molecule is CCC(C#N)S(=O)(=O)NC(C)(C)CCC(=O)O. The minimum Gasteiger partial charge on any atom is -0.481 e. The highest BCUT2D eigenvalue weighted by Gasteiger charge is 2.30. The maximum atomic E-state index is 11.8. The first-order valence-electron chi connectivity index (χ1n) is 5.29. The summed E-state index contributed by atoms with van der Waals surface area (Å²) < 4.78 is 25.9. The van der Waals surface area contributed by atoms with Crippen LogP contribution in [0.3, 0.4) is 0 Å². The van der Waals surface area contributed by atoms with Gasteiger partial charge < -0.3 is 5.11 Å². The molecule has 0 aromatic rings. The molecule has 7 heteroatoms. The molecule has 0 aromatic heterocycles. The third-order valence-electron chi connectivity index (χ3n) is 2.27. The van der Waals surface area contributed by atoms with E-state index in [4.69, 9.17) is 10.4 Å². The van der Waals surface area contributed by atoms with Crippen LogP contribution in [0.2, 0.25) is 0 Å². The predicted molar refractivity (Wildman–Crippen MR) is 62.7 cm³/mol. The molecule has 1 atom stereocenters. The van der Waals surface area contributed by atoms with Crippen molar-refractivity contribution >= 4 is 16.0 Å². The van der Waals surface area contributed by atoms with Crippen LogP contribution in [0.5, 0.6) is 0 Å². The zero-order valence-electron chi connectivity index (χ0n) is 10.2. The molecule has 0 heterocycles. The summed E-state index contributed by atoms with van der Waals surface area (Å²) in [4.78, 5) is 10.4. The molecule has 0 rings (SSSR count). The molecule has 0 radical (unpaired) electrons. The highest BCUT2D eigenvalue weighted by molar-refractivity contribution is 7.90. The van der Waals surface area contributed by atoms with Crippen molar-refractivity contribution in [2.24, 2.45) is 0 Å². The van der Waals surface area contributed by atoms with E-state index in [-0.39, 0.29) is 19.3 Å². The Bertz CT molecular complexity index is 409. The van der Waals surface area contributed by atoms with E-state index < -0.39 is 26.8 Å². The standard InChI is InChI=1S/C10H18N2O4S/c1-4-8(7-11)17(15,16)12-10(2,3)6-5-9(13)14/h8,12H,4-6H2,1-3H3,(H,13,14). The Balaban J connectivity index is 4.71. The molecular weight excluding hydrogens is 244 g/mol. The molecule has 1 unspecified atom stereocenters. The lowest BCUT2D eigenvalue weighted by Crippen LogP contribution is -2.47. The van der Waals surface area contributed by atoms with Crippen molar-refractivity contribution in [1.29, 1.82) is 5.26 Å². The van der Waals surface area contributed by atoms with Crippen molar-refractivity contribution in [3.63, 3.8) is 0 Å². The molecule has 98 valence electrons. The topological polar surface area (TPSA) is 107 Å². The molecule has 0 bridgehead atoms. The second-order valence-corrected chi connectivity index (χ2v) is 6.31. The summed E-state index contributed by atoms with van der Waals surface area (Å²) in [7, 11) is -3.73. The minimum atomic E-state index is -3.73. The Morgan fingerprint density at radius 1 is 1.53 bits per heavy atom. The largest absolute Gasteiger partial charge is 0.481 e. The van der Waals surface area contributed by atoms with Gasteiger partial charge in [0.2, 0.25) is 10.0 Å². The third-order valence-corrected chi connectivity index (χ3v) is 4.30. The average Bonchev–Trinajstić information content (AvgIpc) is 2.14. The fraction of sp³-hybridized carbons (Fsp3) is 0.800. The number of nitriles is 1. The van der Waals surface area contributed by atoms with E-state index in [1.165, 1.54) is 0 Å². The summed E-state index contributed by atoms with van der Waals surface area (Å²) in [6.45, 7) is 4.80.